The van der Waals surface area contributed by atoms with Gasteiger partial charge in [0.05, 0.1) is 12.8 Å². The average molecular weight is 209 g/mol. The van der Waals surface area contributed by atoms with E-state index in [4.69, 9.17) is 4.74 Å². The van der Waals surface area contributed by atoms with Crippen LogP contribution in [0.1, 0.15) is 19.8 Å². The van der Waals surface area contributed by atoms with Gasteiger partial charge >= 0.3 is 0 Å². The van der Waals surface area contributed by atoms with Crippen LogP contribution in [0.3, 0.4) is 0 Å². The standard InChI is InChI=1S/C12H16FNO/c1-8(9-3-4-9)14-11-6-5-10(13)7-12(11)15-2/h5-9,14H,3-4H2,1-2H3. The van der Waals surface area contributed by atoms with Crippen molar-refractivity contribution in [3.05, 3.63) is 24.0 Å². The van der Waals surface area contributed by atoms with Gasteiger partial charge in [0.15, 0.2) is 0 Å². The summed E-state index contributed by atoms with van der Waals surface area (Å²) >= 11 is 0. The van der Waals surface area contributed by atoms with Crippen molar-refractivity contribution in [1.29, 1.82) is 0 Å². The summed E-state index contributed by atoms with van der Waals surface area (Å²) in [5.74, 6) is 1.07. The molecule has 0 saturated heterocycles. The van der Waals surface area contributed by atoms with Gasteiger partial charge in [0.2, 0.25) is 0 Å². The normalized spacial score (nSPS) is 17.3. The zero-order valence-electron chi connectivity index (χ0n) is 9.09. The molecule has 1 aliphatic rings. The summed E-state index contributed by atoms with van der Waals surface area (Å²) in [6, 6.07) is 5.02. The minimum atomic E-state index is -0.267. The molecule has 1 saturated carbocycles. The summed E-state index contributed by atoms with van der Waals surface area (Å²) in [7, 11) is 1.56. The van der Waals surface area contributed by atoms with Crippen LogP contribution >= 0.6 is 0 Å². The van der Waals surface area contributed by atoms with E-state index in [1.54, 1.807) is 13.2 Å². The van der Waals surface area contributed by atoms with E-state index in [2.05, 4.69) is 12.2 Å². The van der Waals surface area contributed by atoms with E-state index in [1.165, 1.54) is 25.0 Å². The summed E-state index contributed by atoms with van der Waals surface area (Å²) < 4.78 is 18.1. The number of benzene rings is 1. The van der Waals surface area contributed by atoms with E-state index in [9.17, 15) is 4.39 Å². The molecule has 1 aliphatic carbocycles. The van der Waals surface area contributed by atoms with E-state index in [-0.39, 0.29) is 5.82 Å². The Kier molecular flexibility index (Phi) is 2.80. The zero-order valence-corrected chi connectivity index (χ0v) is 9.09. The van der Waals surface area contributed by atoms with E-state index in [0.717, 1.165) is 11.6 Å². The molecule has 1 aromatic carbocycles. The second-order valence-corrected chi connectivity index (χ2v) is 4.12. The number of anilines is 1. The molecule has 0 spiro atoms. The minimum Gasteiger partial charge on any atom is -0.494 e. The van der Waals surface area contributed by atoms with Gasteiger partial charge in [-0.1, -0.05) is 0 Å². The third-order valence-electron chi connectivity index (χ3n) is 2.88. The molecule has 15 heavy (non-hydrogen) atoms. The quantitative estimate of drug-likeness (QED) is 0.823. The third kappa shape index (κ3) is 2.41. The Balaban J connectivity index is 2.11. The maximum Gasteiger partial charge on any atom is 0.144 e. The minimum absolute atomic E-state index is 0.267. The fourth-order valence-corrected chi connectivity index (χ4v) is 1.74. The van der Waals surface area contributed by atoms with Gasteiger partial charge in [0.25, 0.3) is 0 Å². The van der Waals surface area contributed by atoms with Crippen molar-refractivity contribution < 1.29 is 9.13 Å². The molecule has 1 fully saturated rings. The van der Waals surface area contributed by atoms with Gasteiger partial charge in [-0.3, -0.25) is 0 Å². The van der Waals surface area contributed by atoms with Gasteiger partial charge in [-0.05, 0) is 37.8 Å². The van der Waals surface area contributed by atoms with Gasteiger partial charge in [-0.25, -0.2) is 4.39 Å². The highest BCUT2D eigenvalue weighted by atomic mass is 19.1. The van der Waals surface area contributed by atoms with Crippen LogP contribution < -0.4 is 10.1 Å². The number of halogens is 1. The molecule has 3 heteroatoms. The van der Waals surface area contributed by atoms with E-state index in [1.807, 2.05) is 0 Å². The number of hydrogen-bond donors (Lipinski definition) is 1. The summed E-state index contributed by atoms with van der Waals surface area (Å²) in [5.41, 5.74) is 0.873. The number of rotatable bonds is 4. The topological polar surface area (TPSA) is 21.3 Å². The molecule has 1 N–H and O–H groups in total. The van der Waals surface area contributed by atoms with Crippen molar-refractivity contribution >= 4 is 5.69 Å². The Labute approximate surface area is 89.4 Å². The maximum atomic E-state index is 12.9. The van der Waals surface area contributed by atoms with Gasteiger partial charge in [0, 0.05) is 12.1 Å². The van der Waals surface area contributed by atoms with Crippen LogP contribution in [0.25, 0.3) is 0 Å². The molecule has 82 valence electrons. The van der Waals surface area contributed by atoms with E-state index in [0.29, 0.717) is 11.8 Å². The lowest BCUT2D eigenvalue weighted by atomic mass is 10.2. The molecule has 0 aromatic heterocycles. The molecule has 0 bridgehead atoms. The highest BCUT2D eigenvalue weighted by molar-refractivity contribution is 5.57. The van der Waals surface area contributed by atoms with Gasteiger partial charge in [0.1, 0.15) is 11.6 Å². The first-order valence-electron chi connectivity index (χ1n) is 5.31. The van der Waals surface area contributed by atoms with E-state index < -0.39 is 0 Å². The van der Waals surface area contributed by atoms with Crippen molar-refractivity contribution in [1.82, 2.24) is 0 Å². The third-order valence-corrected chi connectivity index (χ3v) is 2.88. The van der Waals surface area contributed by atoms with E-state index >= 15 is 0 Å². The predicted molar refractivity (Wildman–Crippen MR) is 58.8 cm³/mol. The number of hydrogen-bond acceptors (Lipinski definition) is 2. The van der Waals surface area contributed by atoms with Crippen LogP contribution in [-0.4, -0.2) is 13.2 Å². The SMILES string of the molecule is COc1cc(F)ccc1NC(C)C1CC1. The number of ether oxygens (including phenoxy) is 1. The Morgan fingerprint density at radius 2 is 2.20 bits per heavy atom. The first kappa shape index (κ1) is 10.3. The second-order valence-electron chi connectivity index (χ2n) is 4.12. The van der Waals surface area contributed by atoms with Crippen LogP contribution in [0.5, 0.6) is 5.75 Å². The fraction of sp³-hybridized carbons (Fsp3) is 0.500. The first-order valence-corrected chi connectivity index (χ1v) is 5.31. The van der Waals surface area contributed by atoms with Crippen molar-refractivity contribution in [3.63, 3.8) is 0 Å². The van der Waals surface area contributed by atoms with Crippen molar-refractivity contribution in [2.24, 2.45) is 5.92 Å². The van der Waals surface area contributed by atoms with Gasteiger partial charge in [-0.15, -0.1) is 0 Å². The molecule has 0 heterocycles. The van der Waals surface area contributed by atoms with Crippen LogP contribution in [0.4, 0.5) is 10.1 Å². The summed E-state index contributed by atoms with van der Waals surface area (Å²) in [6.45, 7) is 2.15. The lowest BCUT2D eigenvalue weighted by molar-refractivity contribution is 0.412. The molecule has 1 atom stereocenters. The van der Waals surface area contributed by atoms with Crippen LogP contribution in [0.2, 0.25) is 0 Å². The molecular formula is C12H16FNO. The Hall–Kier alpha value is -1.25. The van der Waals surface area contributed by atoms with Crippen molar-refractivity contribution in [2.45, 2.75) is 25.8 Å². The van der Waals surface area contributed by atoms with Gasteiger partial charge in [-0.2, -0.15) is 0 Å². The number of nitrogens with one attached hydrogen (secondary N) is 1. The zero-order chi connectivity index (χ0) is 10.8. The molecule has 2 nitrogen and oxygen atoms in total. The van der Waals surface area contributed by atoms with Crippen molar-refractivity contribution in [2.75, 3.05) is 12.4 Å². The Morgan fingerprint density at radius 3 is 2.80 bits per heavy atom. The largest absolute Gasteiger partial charge is 0.494 e. The summed E-state index contributed by atoms with van der Waals surface area (Å²) in [4.78, 5) is 0. The number of methoxy groups -OCH3 is 1. The summed E-state index contributed by atoms with van der Waals surface area (Å²) in [5, 5.41) is 3.36. The maximum absolute atomic E-state index is 12.9. The second kappa shape index (κ2) is 4.09. The fourth-order valence-electron chi connectivity index (χ4n) is 1.74. The van der Waals surface area contributed by atoms with Crippen LogP contribution in [0, 0.1) is 11.7 Å². The first-order chi connectivity index (χ1) is 7.20. The molecular weight excluding hydrogens is 193 g/mol. The predicted octanol–water partition coefficient (Wildman–Crippen LogP) is 3.04. The molecule has 0 aliphatic heterocycles. The average Bonchev–Trinajstić information content (AvgIpc) is 3.04. The smallest absolute Gasteiger partial charge is 0.144 e. The highest BCUT2D eigenvalue weighted by Gasteiger charge is 2.28. The summed E-state index contributed by atoms with van der Waals surface area (Å²) in [6.07, 6.45) is 2.58. The Morgan fingerprint density at radius 1 is 1.47 bits per heavy atom. The van der Waals surface area contributed by atoms with Gasteiger partial charge < -0.3 is 10.1 Å². The molecule has 0 radical (unpaired) electrons. The Bertz CT molecular complexity index is 349. The van der Waals surface area contributed by atoms with Crippen molar-refractivity contribution in [3.8, 4) is 5.75 Å². The monoisotopic (exact) mass is 209 g/mol. The molecule has 2 rings (SSSR count). The highest BCUT2D eigenvalue weighted by Crippen LogP contribution is 2.35. The molecule has 1 unspecified atom stereocenters. The molecule has 0 amide bonds. The molecule has 1 aromatic rings. The lowest BCUT2D eigenvalue weighted by Gasteiger charge is -2.16. The van der Waals surface area contributed by atoms with Crippen LogP contribution in [0.15, 0.2) is 18.2 Å². The lowest BCUT2D eigenvalue weighted by Crippen LogP contribution is -2.17. The van der Waals surface area contributed by atoms with Crippen LogP contribution in [-0.2, 0) is 0 Å².